The summed E-state index contributed by atoms with van der Waals surface area (Å²) >= 11 is 0. The number of aliphatic hydroxyl groups excluding tert-OH is 1. The van der Waals surface area contributed by atoms with Gasteiger partial charge in [-0.2, -0.15) is 0 Å². The number of amides is 2. The van der Waals surface area contributed by atoms with E-state index in [2.05, 4.69) is 10.5 Å². The van der Waals surface area contributed by atoms with Crippen LogP contribution in [-0.4, -0.2) is 67.0 Å². The summed E-state index contributed by atoms with van der Waals surface area (Å²) in [5.74, 6) is -7.58. The van der Waals surface area contributed by atoms with Gasteiger partial charge in [-0.05, 0) is 30.7 Å². The molecule has 0 aliphatic carbocycles. The number of benzene rings is 2. The Bertz CT molecular complexity index is 1410. The van der Waals surface area contributed by atoms with Crippen LogP contribution in [0.3, 0.4) is 0 Å². The van der Waals surface area contributed by atoms with Crippen molar-refractivity contribution in [1.29, 1.82) is 0 Å². The third-order valence-corrected chi connectivity index (χ3v) is 6.42. The molecule has 2 heterocycles. The molecule has 3 aromatic rings. The van der Waals surface area contributed by atoms with E-state index in [4.69, 9.17) is 4.52 Å². The van der Waals surface area contributed by atoms with Gasteiger partial charge in [0.2, 0.25) is 10.0 Å². The second-order valence-electron chi connectivity index (χ2n) is 8.15. The van der Waals surface area contributed by atoms with Crippen molar-refractivity contribution in [2.45, 2.75) is 24.4 Å². The summed E-state index contributed by atoms with van der Waals surface area (Å²) in [5.41, 5.74) is -1.54. The summed E-state index contributed by atoms with van der Waals surface area (Å²) in [6.07, 6.45) is 0.0779. The van der Waals surface area contributed by atoms with Crippen LogP contribution >= 0.6 is 0 Å². The predicted molar refractivity (Wildman–Crippen MR) is 117 cm³/mol. The lowest BCUT2D eigenvalue weighted by molar-refractivity contribution is -0.0465. The SMILES string of the molecule is CS(=O)(=O)N[C@@H]1CN(C(=O)Nc2noc3ccc(F)c(-c4c(F)cccc4F)c23)[C@H](CCO)C1(F)F. The van der Waals surface area contributed by atoms with Crippen molar-refractivity contribution in [3.05, 3.63) is 47.8 Å². The normalized spacial score (nSPS) is 19.7. The number of sulfonamides is 1. The van der Waals surface area contributed by atoms with Crippen molar-refractivity contribution in [3.63, 3.8) is 0 Å². The molecular formula is C21H19F5N4O5S. The standard InChI is InChI=1S/C21H19F5N4O5S/c1-36(33,34)29-14-9-30(15(7-8-31)21(14,25)26)20(32)27-19-18-13(35-28-19)6-5-12(24)17(18)16-10(22)3-2-4-11(16)23/h2-6,14-15,29,31H,7-9H2,1H3,(H,27,28,32)/t14-,15-/m1/s1. The molecule has 36 heavy (non-hydrogen) atoms. The van der Waals surface area contributed by atoms with Crippen LogP contribution in [-0.2, 0) is 10.0 Å². The first-order valence-corrected chi connectivity index (χ1v) is 12.3. The van der Waals surface area contributed by atoms with Crippen LogP contribution in [0.4, 0.5) is 32.6 Å². The van der Waals surface area contributed by atoms with Gasteiger partial charge in [-0.3, -0.25) is 5.32 Å². The molecule has 0 unspecified atom stereocenters. The van der Waals surface area contributed by atoms with E-state index in [0.717, 1.165) is 30.3 Å². The zero-order chi connectivity index (χ0) is 26.4. The number of likely N-dealkylation sites (tertiary alicyclic amines) is 1. The van der Waals surface area contributed by atoms with Crippen molar-refractivity contribution in [2.75, 3.05) is 24.7 Å². The van der Waals surface area contributed by atoms with Crippen molar-refractivity contribution in [1.82, 2.24) is 14.8 Å². The lowest BCUT2D eigenvalue weighted by atomic mass is 9.99. The molecule has 0 saturated carbocycles. The second kappa shape index (κ2) is 9.29. The maximum Gasteiger partial charge on any atom is 0.323 e. The Morgan fingerprint density at radius 3 is 2.42 bits per heavy atom. The molecule has 1 saturated heterocycles. The number of hydrogen-bond acceptors (Lipinski definition) is 6. The number of nitrogens with zero attached hydrogens (tertiary/aromatic N) is 2. The van der Waals surface area contributed by atoms with Crippen LogP contribution in [0.25, 0.3) is 22.1 Å². The third kappa shape index (κ3) is 4.60. The zero-order valence-corrected chi connectivity index (χ0v) is 19.3. The van der Waals surface area contributed by atoms with E-state index in [1.165, 1.54) is 0 Å². The molecule has 1 aliphatic rings. The van der Waals surface area contributed by atoms with Crippen LogP contribution < -0.4 is 10.0 Å². The number of halogens is 5. The highest BCUT2D eigenvalue weighted by Crippen LogP contribution is 2.40. The van der Waals surface area contributed by atoms with E-state index in [9.17, 15) is 40.3 Å². The average molecular weight is 534 g/mol. The molecular weight excluding hydrogens is 515 g/mol. The number of urea groups is 1. The number of aliphatic hydroxyl groups is 1. The number of carbonyl (C=O) groups excluding carboxylic acids is 1. The maximum atomic E-state index is 14.9. The van der Waals surface area contributed by atoms with E-state index in [0.29, 0.717) is 11.2 Å². The molecule has 4 rings (SSSR count). The van der Waals surface area contributed by atoms with E-state index >= 15 is 0 Å². The van der Waals surface area contributed by atoms with E-state index in [1.807, 2.05) is 0 Å². The highest BCUT2D eigenvalue weighted by molar-refractivity contribution is 7.88. The minimum atomic E-state index is -4.08. The Balaban J connectivity index is 1.75. The summed E-state index contributed by atoms with van der Waals surface area (Å²) in [6, 6.07) is -0.305. The van der Waals surface area contributed by atoms with E-state index < -0.39 is 88.0 Å². The number of anilines is 1. The van der Waals surface area contributed by atoms with Crippen LogP contribution in [0.15, 0.2) is 34.9 Å². The smallest absolute Gasteiger partial charge is 0.323 e. The summed E-state index contributed by atoms with van der Waals surface area (Å²) in [4.78, 5) is 13.6. The third-order valence-electron chi connectivity index (χ3n) is 5.71. The number of aromatic nitrogens is 1. The predicted octanol–water partition coefficient (Wildman–Crippen LogP) is 3.06. The molecule has 1 aromatic heterocycles. The van der Waals surface area contributed by atoms with Gasteiger partial charge >= 0.3 is 6.03 Å². The molecule has 2 aromatic carbocycles. The molecule has 2 atom stereocenters. The van der Waals surface area contributed by atoms with Crippen LogP contribution in [0.2, 0.25) is 0 Å². The summed E-state index contributed by atoms with van der Waals surface area (Å²) in [5, 5.41) is 14.7. The molecule has 9 nitrogen and oxygen atoms in total. The molecule has 0 radical (unpaired) electrons. The topological polar surface area (TPSA) is 125 Å². The minimum Gasteiger partial charge on any atom is -0.396 e. The fraction of sp³-hybridized carbons (Fsp3) is 0.333. The molecule has 3 N–H and O–H groups in total. The van der Waals surface area contributed by atoms with Gasteiger partial charge in [0.15, 0.2) is 11.4 Å². The highest BCUT2D eigenvalue weighted by Gasteiger charge is 2.58. The van der Waals surface area contributed by atoms with Gasteiger partial charge in [0.25, 0.3) is 5.92 Å². The van der Waals surface area contributed by atoms with E-state index in [-0.39, 0.29) is 11.0 Å². The molecule has 0 spiro atoms. The van der Waals surface area contributed by atoms with Crippen molar-refractivity contribution in [3.8, 4) is 11.1 Å². The summed E-state index contributed by atoms with van der Waals surface area (Å²) < 4.78 is 104. The van der Waals surface area contributed by atoms with Crippen molar-refractivity contribution < 1.29 is 44.8 Å². The van der Waals surface area contributed by atoms with E-state index in [1.54, 1.807) is 4.72 Å². The van der Waals surface area contributed by atoms with Gasteiger partial charge in [0, 0.05) is 18.7 Å². The van der Waals surface area contributed by atoms with Crippen molar-refractivity contribution in [2.24, 2.45) is 0 Å². The van der Waals surface area contributed by atoms with Crippen molar-refractivity contribution >= 4 is 32.8 Å². The van der Waals surface area contributed by atoms with Crippen LogP contribution in [0, 0.1) is 17.5 Å². The maximum absolute atomic E-state index is 14.9. The molecule has 1 aliphatic heterocycles. The second-order valence-corrected chi connectivity index (χ2v) is 9.93. The Hall–Kier alpha value is -3.30. The zero-order valence-electron chi connectivity index (χ0n) is 18.4. The minimum absolute atomic E-state index is 0.167. The number of rotatable bonds is 6. The largest absolute Gasteiger partial charge is 0.396 e. The Morgan fingerprint density at radius 2 is 1.81 bits per heavy atom. The molecule has 194 valence electrons. The fourth-order valence-electron chi connectivity index (χ4n) is 4.20. The quantitative estimate of drug-likeness (QED) is 0.418. The lowest BCUT2D eigenvalue weighted by Gasteiger charge is -2.27. The highest BCUT2D eigenvalue weighted by atomic mass is 32.2. The van der Waals surface area contributed by atoms with Gasteiger partial charge in [-0.25, -0.2) is 39.9 Å². The molecule has 0 bridgehead atoms. The Morgan fingerprint density at radius 1 is 1.17 bits per heavy atom. The number of fused-ring (bicyclic) bond motifs is 1. The first-order chi connectivity index (χ1) is 16.8. The molecule has 15 heteroatoms. The summed E-state index contributed by atoms with van der Waals surface area (Å²) in [7, 11) is -4.08. The number of nitrogens with one attached hydrogen (secondary N) is 2. The lowest BCUT2D eigenvalue weighted by Crippen LogP contribution is -2.49. The monoisotopic (exact) mass is 534 g/mol. The van der Waals surface area contributed by atoms with Crippen LogP contribution in [0.1, 0.15) is 6.42 Å². The average Bonchev–Trinajstić information content (AvgIpc) is 3.28. The molecule has 2 amide bonds. The number of carbonyl (C=O) groups is 1. The molecule has 1 fully saturated rings. The number of alkyl halides is 2. The summed E-state index contributed by atoms with van der Waals surface area (Å²) in [6.45, 7) is -1.53. The fourth-order valence-corrected chi connectivity index (χ4v) is 4.95. The van der Waals surface area contributed by atoms with Gasteiger partial charge < -0.3 is 14.5 Å². The first kappa shape index (κ1) is 25.8. The first-order valence-electron chi connectivity index (χ1n) is 10.4. The Kier molecular flexibility index (Phi) is 6.66. The van der Waals surface area contributed by atoms with Gasteiger partial charge in [0.1, 0.15) is 29.5 Å². The van der Waals surface area contributed by atoms with Gasteiger partial charge in [0.05, 0.1) is 17.2 Å². The van der Waals surface area contributed by atoms with Gasteiger partial charge in [-0.15, -0.1) is 0 Å². The van der Waals surface area contributed by atoms with Crippen LogP contribution in [0.5, 0.6) is 0 Å². The Labute approximate surface area is 200 Å². The van der Waals surface area contributed by atoms with Gasteiger partial charge in [-0.1, -0.05) is 11.2 Å². The number of hydrogen-bond donors (Lipinski definition) is 3.